The molecule has 0 unspecified atom stereocenters. The Morgan fingerprint density at radius 3 is 2.37 bits per heavy atom. The molecule has 0 N–H and O–H groups in total. The SMILES string of the molecule is O=C1OC(=O)C(c2ccccc2Cl)=C1c1cccs1. The molecule has 0 amide bonds. The third-order valence-electron chi connectivity index (χ3n) is 2.75. The summed E-state index contributed by atoms with van der Waals surface area (Å²) in [6.07, 6.45) is 0. The average molecular weight is 291 g/mol. The lowest BCUT2D eigenvalue weighted by Crippen LogP contribution is -2.01. The smallest absolute Gasteiger partial charge is 0.348 e. The summed E-state index contributed by atoms with van der Waals surface area (Å²) in [6.45, 7) is 0. The second-order valence-corrected chi connectivity index (χ2v) is 5.24. The summed E-state index contributed by atoms with van der Waals surface area (Å²) in [5.41, 5.74) is 1.04. The molecule has 1 aliphatic rings. The van der Waals surface area contributed by atoms with E-state index < -0.39 is 11.9 Å². The first-order valence-corrected chi connectivity index (χ1v) is 6.74. The Kier molecular flexibility index (Phi) is 2.97. The van der Waals surface area contributed by atoms with Gasteiger partial charge in [-0.05, 0) is 17.5 Å². The lowest BCUT2D eigenvalue weighted by Gasteiger charge is -2.03. The van der Waals surface area contributed by atoms with E-state index in [9.17, 15) is 9.59 Å². The second-order valence-electron chi connectivity index (χ2n) is 3.88. The molecule has 1 aromatic carbocycles. The maximum absolute atomic E-state index is 11.9. The van der Waals surface area contributed by atoms with Gasteiger partial charge in [-0.2, -0.15) is 0 Å². The van der Waals surface area contributed by atoms with Crippen LogP contribution in [0.25, 0.3) is 11.1 Å². The highest BCUT2D eigenvalue weighted by atomic mass is 35.5. The first kappa shape index (κ1) is 12.1. The van der Waals surface area contributed by atoms with Gasteiger partial charge < -0.3 is 4.74 Å². The molecular weight excluding hydrogens is 284 g/mol. The van der Waals surface area contributed by atoms with E-state index in [2.05, 4.69) is 0 Å². The van der Waals surface area contributed by atoms with Crippen molar-refractivity contribution in [2.75, 3.05) is 0 Å². The van der Waals surface area contributed by atoms with Crippen molar-refractivity contribution < 1.29 is 14.3 Å². The van der Waals surface area contributed by atoms with Crippen LogP contribution in [-0.4, -0.2) is 11.9 Å². The molecule has 3 nitrogen and oxygen atoms in total. The summed E-state index contributed by atoms with van der Waals surface area (Å²) in [6, 6.07) is 10.5. The lowest BCUT2D eigenvalue weighted by atomic mass is 10.0. The van der Waals surface area contributed by atoms with Crippen LogP contribution in [0.4, 0.5) is 0 Å². The molecule has 2 aromatic rings. The van der Waals surface area contributed by atoms with Crippen molar-refractivity contribution in [3.8, 4) is 0 Å². The molecule has 19 heavy (non-hydrogen) atoms. The normalized spacial score (nSPS) is 15.0. The third kappa shape index (κ3) is 1.99. The number of hydrogen-bond donors (Lipinski definition) is 0. The van der Waals surface area contributed by atoms with Crippen molar-refractivity contribution in [1.82, 2.24) is 0 Å². The maximum Gasteiger partial charge on any atom is 0.348 e. The molecular formula is C14H7ClO3S. The highest BCUT2D eigenvalue weighted by molar-refractivity contribution is 7.11. The van der Waals surface area contributed by atoms with Crippen LogP contribution >= 0.6 is 22.9 Å². The number of cyclic esters (lactones) is 2. The van der Waals surface area contributed by atoms with Gasteiger partial charge in [-0.25, -0.2) is 9.59 Å². The van der Waals surface area contributed by atoms with Gasteiger partial charge >= 0.3 is 11.9 Å². The molecule has 0 atom stereocenters. The molecule has 3 rings (SSSR count). The average Bonchev–Trinajstić information content (AvgIpc) is 2.98. The molecule has 0 radical (unpaired) electrons. The molecule has 94 valence electrons. The van der Waals surface area contributed by atoms with Crippen molar-refractivity contribution in [3.05, 3.63) is 57.2 Å². The number of rotatable bonds is 2. The Labute approximate surface area is 118 Å². The number of hydrogen-bond acceptors (Lipinski definition) is 4. The van der Waals surface area contributed by atoms with Gasteiger partial charge in [0.2, 0.25) is 0 Å². The standard InChI is InChI=1S/C14H7ClO3S/c15-9-5-2-1-4-8(9)11-12(10-6-3-7-19-10)14(17)18-13(11)16/h1-7H. The van der Waals surface area contributed by atoms with Gasteiger partial charge in [0.05, 0.1) is 11.1 Å². The topological polar surface area (TPSA) is 43.4 Å². The minimum Gasteiger partial charge on any atom is -0.386 e. The number of ether oxygens (including phenoxy) is 1. The minimum absolute atomic E-state index is 0.234. The molecule has 0 spiro atoms. The Bertz CT molecular complexity index is 701. The van der Waals surface area contributed by atoms with E-state index in [0.29, 0.717) is 15.5 Å². The van der Waals surface area contributed by atoms with E-state index in [1.807, 2.05) is 11.4 Å². The zero-order valence-corrected chi connectivity index (χ0v) is 11.1. The fourth-order valence-electron chi connectivity index (χ4n) is 1.94. The number of halogens is 1. The van der Waals surface area contributed by atoms with Crippen molar-refractivity contribution in [1.29, 1.82) is 0 Å². The predicted octanol–water partition coefficient (Wildman–Crippen LogP) is 3.40. The molecule has 0 saturated carbocycles. The molecule has 2 heterocycles. The van der Waals surface area contributed by atoms with Gasteiger partial charge in [0, 0.05) is 15.5 Å². The van der Waals surface area contributed by atoms with Crippen LogP contribution in [0.5, 0.6) is 0 Å². The van der Waals surface area contributed by atoms with Gasteiger partial charge in [0.15, 0.2) is 0 Å². The van der Waals surface area contributed by atoms with E-state index in [4.69, 9.17) is 16.3 Å². The van der Waals surface area contributed by atoms with E-state index in [-0.39, 0.29) is 11.1 Å². The molecule has 1 aliphatic heterocycles. The molecule has 0 aliphatic carbocycles. The fourth-order valence-corrected chi connectivity index (χ4v) is 2.94. The van der Waals surface area contributed by atoms with E-state index >= 15 is 0 Å². The van der Waals surface area contributed by atoms with Crippen LogP contribution in [-0.2, 0) is 14.3 Å². The molecule has 1 aromatic heterocycles. The first-order chi connectivity index (χ1) is 9.18. The van der Waals surface area contributed by atoms with Crippen LogP contribution in [0.3, 0.4) is 0 Å². The number of esters is 2. The van der Waals surface area contributed by atoms with Crippen molar-refractivity contribution >= 4 is 46.0 Å². The van der Waals surface area contributed by atoms with Gasteiger partial charge in [0.1, 0.15) is 0 Å². The third-order valence-corrected chi connectivity index (χ3v) is 3.97. The Balaban J connectivity index is 2.28. The quantitative estimate of drug-likeness (QED) is 0.629. The number of carbonyl (C=O) groups excluding carboxylic acids is 2. The molecule has 5 heteroatoms. The van der Waals surface area contributed by atoms with Crippen molar-refractivity contribution in [3.63, 3.8) is 0 Å². The maximum atomic E-state index is 11.9. The summed E-state index contributed by atoms with van der Waals surface area (Å²) in [4.78, 5) is 24.4. The summed E-state index contributed by atoms with van der Waals surface area (Å²) in [5, 5.41) is 2.25. The van der Waals surface area contributed by atoms with E-state index in [1.165, 1.54) is 11.3 Å². The molecule has 0 bridgehead atoms. The largest absolute Gasteiger partial charge is 0.386 e. The van der Waals surface area contributed by atoms with Gasteiger partial charge in [0.25, 0.3) is 0 Å². The monoisotopic (exact) mass is 290 g/mol. The van der Waals surface area contributed by atoms with Crippen molar-refractivity contribution in [2.45, 2.75) is 0 Å². The van der Waals surface area contributed by atoms with Crippen molar-refractivity contribution in [2.24, 2.45) is 0 Å². The Morgan fingerprint density at radius 2 is 1.68 bits per heavy atom. The van der Waals surface area contributed by atoms with E-state index in [0.717, 1.165) is 0 Å². The zero-order chi connectivity index (χ0) is 13.4. The van der Waals surface area contributed by atoms with Crippen LogP contribution in [0, 0.1) is 0 Å². The van der Waals surface area contributed by atoms with Crippen LogP contribution < -0.4 is 0 Å². The van der Waals surface area contributed by atoms with E-state index in [1.54, 1.807) is 30.3 Å². The van der Waals surface area contributed by atoms with Crippen LogP contribution in [0.1, 0.15) is 10.4 Å². The van der Waals surface area contributed by atoms with Gasteiger partial charge in [-0.15, -0.1) is 11.3 Å². The Hall–Kier alpha value is -1.91. The number of carbonyl (C=O) groups is 2. The van der Waals surface area contributed by atoms with Gasteiger partial charge in [-0.1, -0.05) is 35.9 Å². The van der Waals surface area contributed by atoms with Gasteiger partial charge in [-0.3, -0.25) is 0 Å². The highest BCUT2D eigenvalue weighted by Crippen LogP contribution is 2.38. The highest BCUT2D eigenvalue weighted by Gasteiger charge is 2.36. The summed E-state index contributed by atoms with van der Waals surface area (Å²) in [5.74, 6) is -1.27. The summed E-state index contributed by atoms with van der Waals surface area (Å²) >= 11 is 7.47. The summed E-state index contributed by atoms with van der Waals surface area (Å²) < 4.78 is 4.72. The lowest BCUT2D eigenvalue weighted by molar-refractivity contribution is -0.149. The minimum atomic E-state index is -0.651. The predicted molar refractivity (Wildman–Crippen MR) is 73.7 cm³/mol. The Morgan fingerprint density at radius 1 is 0.947 bits per heavy atom. The molecule has 0 fully saturated rings. The van der Waals surface area contributed by atoms with Crippen LogP contribution in [0.2, 0.25) is 5.02 Å². The molecule has 0 saturated heterocycles. The second kappa shape index (κ2) is 4.64. The fraction of sp³-hybridized carbons (Fsp3) is 0. The number of benzene rings is 1. The zero-order valence-electron chi connectivity index (χ0n) is 9.55. The summed E-state index contributed by atoms with van der Waals surface area (Å²) in [7, 11) is 0. The number of thiophene rings is 1. The first-order valence-electron chi connectivity index (χ1n) is 5.48. The van der Waals surface area contributed by atoms with Crippen LogP contribution in [0.15, 0.2) is 41.8 Å².